The summed E-state index contributed by atoms with van der Waals surface area (Å²) >= 11 is 1.36. The molecule has 0 fully saturated rings. The van der Waals surface area contributed by atoms with E-state index in [1.54, 1.807) is 24.5 Å². The summed E-state index contributed by atoms with van der Waals surface area (Å²) in [6.45, 7) is 3.97. The van der Waals surface area contributed by atoms with Crippen molar-refractivity contribution in [1.82, 2.24) is 9.97 Å². The monoisotopic (exact) mass is 492 g/mol. The Hall–Kier alpha value is -4.36. The summed E-state index contributed by atoms with van der Waals surface area (Å²) < 4.78 is 0. The first kappa shape index (κ1) is 23.4. The number of thiophene rings is 1. The van der Waals surface area contributed by atoms with E-state index in [4.69, 9.17) is 10.7 Å². The van der Waals surface area contributed by atoms with Crippen molar-refractivity contribution in [3.8, 4) is 11.3 Å². The molecule has 178 valence electrons. The second-order valence-electron chi connectivity index (χ2n) is 8.71. The number of hydrogen-bond acceptors (Lipinski definition) is 5. The van der Waals surface area contributed by atoms with Crippen molar-refractivity contribution in [2.45, 2.75) is 20.3 Å². The number of amides is 2. The predicted octanol–water partition coefficient (Wildman–Crippen LogP) is 5.92. The fourth-order valence-electron chi connectivity index (χ4n) is 4.30. The zero-order valence-corrected chi connectivity index (χ0v) is 20.7. The molecule has 7 heteroatoms. The molecule has 2 amide bonds. The van der Waals surface area contributed by atoms with Gasteiger partial charge in [-0.2, -0.15) is 0 Å². The smallest absolute Gasteiger partial charge is 0.257 e. The predicted molar refractivity (Wildman–Crippen MR) is 144 cm³/mol. The molecular weight excluding hydrogens is 468 g/mol. The van der Waals surface area contributed by atoms with Gasteiger partial charge in [-0.25, -0.2) is 4.98 Å². The molecule has 3 heterocycles. The molecule has 0 aliphatic carbocycles. The van der Waals surface area contributed by atoms with Crippen LogP contribution in [0.5, 0.6) is 0 Å². The number of hydrogen-bond donors (Lipinski definition) is 2. The zero-order valence-electron chi connectivity index (χ0n) is 19.9. The number of nitrogens with two attached hydrogens (primary N) is 1. The Labute approximate surface area is 212 Å². The van der Waals surface area contributed by atoms with Crippen LogP contribution in [0.3, 0.4) is 0 Å². The van der Waals surface area contributed by atoms with Crippen LogP contribution >= 0.6 is 11.3 Å². The van der Waals surface area contributed by atoms with Gasteiger partial charge in [-0.05, 0) is 55.3 Å². The van der Waals surface area contributed by atoms with E-state index in [1.165, 1.54) is 11.3 Å². The SMILES string of the molecule is Cc1cc(C)c2nc(-c3cccnc3)cc(C(=O)Nc3sc(Cc4ccccc4)cc3C(N)=O)c2c1. The number of carbonyl (C=O) groups is 2. The molecular formula is C29H24N4O2S. The van der Waals surface area contributed by atoms with Crippen LogP contribution < -0.4 is 11.1 Å². The number of nitrogens with one attached hydrogen (secondary N) is 1. The van der Waals surface area contributed by atoms with Gasteiger partial charge in [0, 0.05) is 34.6 Å². The first-order chi connectivity index (χ1) is 17.4. The van der Waals surface area contributed by atoms with E-state index >= 15 is 0 Å². The minimum absolute atomic E-state index is 0.303. The number of carbonyl (C=O) groups excluding carboxylic acids is 2. The van der Waals surface area contributed by atoms with Gasteiger partial charge in [-0.15, -0.1) is 11.3 Å². The number of anilines is 1. The highest BCUT2D eigenvalue weighted by Crippen LogP contribution is 2.32. The first-order valence-corrected chi connectivity index (χ1v) is 12.3. The van der Waals surface area contributed by atoms with Crippen LogP contribution in [0.1, 0.15) is 42.3 Å². The van der Waals surface area contributed by atoms with E-state index < -0.39 is 5.91 Å². The van der Waals surface area contributed by atoms with Crippen LogP contribution in [0.2, 0.25) is 0 Å². The number of fused-ring (bicyclic) bond motifs is 1. The number of aromatic nitrogens is 2. The molecule has 5 rings (SSSR count). The van der Waals surface area contributed by atoms with Crippen molar-refractivity contribution in [2.24, 2.45) is 5.73 Å². The average Bonchev–Trinajstić information content (AvgIpc) is 3.26. The molecule has 0 spiro atoms. The maximum atomic E-state index is 13.7. The lowest BCUT2D eigenvalue weighted by Crippen LogP contribution is -2.17. The van der Waals surface area contributed by atoms with Crippen LogP contribution in [0.4, 0.5) is 5.00 Å². The van der Waals surface area contributed by atoms with Crippen molar-refractivity contribution in [3.05, 3.63) is 112 Å². The highest BCUT2D eigenvalue weighted by atomic mass is 32.1. The highest BCUT2D eigenvalue weighted by molar-refractivity contribution is 7.16. The minimum atomic E-state index is -0.580. The van der Waals surface area contributed by atoms with Crippen LogP contribution in [-0.2, 0) is 6.42 Å². The van der Waals surface area contributed by atoms with E-state index in [9.17, 15) is 9.59 Å². The number of benzene rings is 2. The van der Waals surface area contributed by atoms with Gasteiger partial charge in [-0.3, -0.25) is 14.6 Å². The summed E-state index contributed by atoms with van der Waals surface area (Å²) in [6.07, 6.45) is 4.06. The molecule has 0 unspecified atom stereocenters. The molecule has 36 heavy (non-hydrogen) atoms. The topological polar surface area (TPSA) is 98.0 Å². The third kappa shape index (κ3) is 4.74. The largest absolute Gasteiger partial charge is 0.366 e. The second kappa shape index (κ2) is 9.71. The van der Waals surface area contributed by atoms with E-state index in [2.05, 4.69) is 10.3 Å². The molecule has 0 saturated carbocycles. The van der Waals surface area contributed by atoms with E-state index in [0.717, 1.165) is 38.0 Å². The fourth-order valence-corrected chi connectivity index (χ4v) is 5.39. The van der Waals surface area contributed by atoms with Crippen molar-refractivity contribution < 1.29 is 9.59 Å². The number of pyridine rings is 2. The van der Waals surface area contributed by atoms with Gasteiger partial charge >= 0.3 is 0 Å². The van der Waals surface area contributed by atoms with Crippen LogP contribution in [0.15, 0.2) is 79.1 Å². The zero-order chi connectivity index (χ0) is 25.2. The van der Waals surface area contributed by atoms with Crippen LogP contribution in [0, 0.1) is 13.8 Å². The lowest BCUT2D eigenvalue weighted by Gasteiger charge is -2.13. The van der Waals surface area contributed by atoms with Gasteiger partial charge in [-0.1, -0.05) is 42.0 Å². The Morgan fingerprint density at radius 3 is 2.50 bits per heavy atom. The lowest BCUT2D eigenvalue weighted by atomic mass is 9.99. The summed E-state index contributed by atoms with van der Waals surface area (Å²) in [6, 6.07) is 21.2. The summed E-state index contributed by atoms with van der Waals surface area (Å²) in [5.74, 6) is -0.906. The molecule has 0 radical (unpaired) electrons. The third-order valence-corrected chi connectivity index (χ3v) is 7.00. The molecule has 3 N–H and O–H groups in total. The summed E-state index contributed by atoms with van der Waals surface area (Å²) in [4.78, 5) is 35.9. The lowest BCUT2D eigenvalue weighted by molar-refractivity contribution is 0.100. The normalized spacial score (nSPS) is 10.9. The molecule has 0 aliphatic heterocycles. The maximum Gasteiger partial charge on any atom is 0.257 e. The molecule has 0 saturated heterocycles. The minimum Gasteiger partial charge on any atom is -0.366 e. The van der Waals surface area contributed by atoms with Crippen LogP contribution in [-0.4, -0.2) is 21.8 Å². The molecule has 3 aromatic heterocycles. The fraction of sp³-hybridized carbons (Fsp3) is 0.103. The van der Waals surface area contributed by atoms with Gasteiger partial charge in [0.1, 0.15) is 5.00 Å². The molecule has 0 atom stereocenters. The third-order valence-electron chi connectivity index (χ3n) is 5.95. The van der Waals surface area contributed by atoms with Gasteiger partial charge in [0.25, 0.3) is 11.8 Å². The molecule has 5 aromatic rings. The van der Waals surface area contributed by atoms with Crippen molar-refractivity contribution in [1.29, 1.82) is 0 Å². The summed E-state index contributed by atoms with van der Waals surface area (Å²) in [5, 5.41) is 4.15. The summed E-state index contributed by atoms with van der Waals surface area (Å²) in [5.41, 5.74) is 11.8. The van der Waals surface area contributed by atoms with Gasteiger partial charge < -0.3 is 11.1 Å². The van der Waals surface area contributed by atoms with Gasteiger partial charge in [0.15, 0.2) is 0 Å². The number of primary amides is 1. The Balaban J connectivity index is 1.57. The average molecular weight is 493 g/mol. The first-order valence-electron chi connectivity index (χ1n) is 11.5. The highest BCUT2D eigenvalue weighted by Gasteiger charge is 2.20. The number of aryl methyl sites for hydroxylation is 2. The Kier molecular flexibility index (Phi) is 6.31. The van der Waals surface area contributed by atoms with Crippen molar-refractivity contribution in [2.75, 3.05) is 5.32 Å². The van der Waals surface area contributed by atoms with Crippen molar-refractivity contribution >= 4 is 39.1 Å². The standard InChI is InChI=1S/C29H24N4O2S/c1-17-11-18(2)26-22(12-17)23(15-25(32-26)20-9-6-10-31-16-20)28(35)33-29-24(27(30)34)14-21(36-29)13-19-7-4-3-5-8-19/h3-12,14-16H,13H2,1-2H3,(H2,30,34)(H,33,35). The number of rotatable bonds is 6. The molecule has 0 bridgehead atoms. The molecule has 2 aromatic carbocycles. The quantitative estimate of drug-likeness (QED) is 0.308. The van der Waals surface area contributed by atoms with E-state index in [-0.39, 0.29) is 5.91 Å². The Bertz CT molecular complexity index is 1590. The Morgan fingerprint density at radius 2 is 1.78 bits per heavy atom. The number of nitrogens with zero attached hydrogens (tertiary/aromatic N) is 2. The second-order valence-corrected chi connectivity index (χ2v) is 9.85. The van der Waals surface area contributed by atoms with E-state index in [0.29, 0.717) is 28.2 Å². The molecule has 6 nitrogen and oxygen atoms in total. The Morgan fingerprint density at radius 1 is 0.972 bits per heavy atom. The van der Waals surface area contributed by atoms with Gasteiger partial charge in [0.05, 0.1) is 22.3 Å². The van der Waals surface area contributed by atoms with Gasteiger partial charge in [0.2, 0.25) is 0 Å². The molecule has 0 aliphatic rings. The van der Waals surface area contributed by atoms with Crippen LogP contribution in [0.25, 0.3) is 22.2 Å². The van der Waals surface area contributed by atoms with E-state index in [1.807, 2.05) is 68.4 Å². The maximum absolute atomic E-state index is 13.7. The summed E-state index contributed by atoms with van der Waals surface area (Å²) in [7, 11) is 0. The van der Waals surface area contributed by atoms with Crippen molar-refractivity contribution in [3.63, 3.8) is 0 Å².